The Labute approximate surface area is 229 Å². The van der Waals surface area contributed by atoms with Gasteiger partial charge in [-0.05, 0) is 74.6 Å². The summed E-state index contributed by atoms with van der Waals surface area (Å²) in [6, 6.07) is 18.2. The molecule has 202 valence electrons. The first-order chi connectivity index (χ1) is 18.9. The lowest BCUT2D eigenvalue weighted by Gasteiger charge is -2.34. The van der Waals surface area contributed by atoms with Crippen molar-refractivity contribution >= 4 is 28.5 Å². The van der Waals surface area contributed by atoms with Gasteiger partial charge < -0.3 is 10.1 Å². The molecule has 8 nitrogen and oxygen atoms in total. The number of fused-ring (bicyclic) bond motifs is 1. The number of ether oxygens (including phenoxy) is 1. The van der Waals surface area contributed by atoms with Crippen LogP contribution in [0.15, 0.2) is 60.7 Å². The third-order valence-corrected chi connectivity index (χ3v) is 7.47. The van der Waals surface area contributed by atoms with Gasteiger partial charge in [-0.3, -0.25) is 14.5 Å². The predicted octanol–water partition coefficient (Wildman–Crippen LogP) is 5.20. The van der Waals surface area contributed by atoms with Gasteiger partial charge in [-0.1, -0.05) is 60.0 Å². The van der Waals surface area contributed by atoms with E-state index in [9.17, 15) is 9.59 Å². The van der Waals surface area contributed by atoms with E-state index in [1.165, 1.54) is 0 Å². The second kappa shape index (κ2) is 11.3. The van der Waals surface area contributed by atoms with Crippen molar-refractivity contribution in [3.63, 3.8) is 0 Å². The van der Waals surface area contributed by atoms with E-state index in [1.54, 1.807) is 16.7 Å². The van der Waals surface area contributed by atoms with Gasteiger partial charge in [0.05, 0.1) is 18.3 Å². The highest BCUT2D eigenvalue weighted by atomic mass is 16.5. The Kier molecular flexibility index (Phi) is 7.63. The largest absolute Gasteiger partial charge is 0.497 e. The number of rotatable bonds is 8. The number of hydrogen-bond donors (Lipinski definition) is 1. The summed E-state index contributed by atoms with van der Waals surface area (Å²) in [5.41, 5.74) is 5.82. The number of amides is 2. The van der Waals surface area contributed by atoms with Crippen LogP contribution in [-0.4, -0.2) is 40.0 Å². The SMILES string of the molecule is COc1cccc([C@H](C(=O)NC2CCCC2)N(C(=O)Cn2nnc3ccccc32)c2c(C)cc(C)cc2C)c1. The number of anilines is 1. The summed E-state index contributed by atoms with van der Waals surface area (Å²) in [5, 5.41) is 11.7. The summed E-state index contributed by atoms with van der Waals surface area (Å²) in [5.74, 6) is 0.166. The molecular formula is C31H35N5O3. The fourth-order valence-corrected chi connectivity index (χ4v) is 5.77. The molecular weight excluding hydrogens is 490 g/mol. The van der Waals surface area contributed by atoms with Gasteiger partial charge in [-0.25, -0.2) is 4.68 Å². The molecule has 1 aliphatic rings. The Hall–Kier alpha value is -4.20. The maximum absolute atomic E-state index is 14.4. The van der Waals surface area contributed by atoms with Crippen molar-refractivity contribution in [3.05, 3.63) is 82.9 Å². The average Bonchev–Trinajstić information content (AvgIpc) is 3.58. The summed E-state index contributed by atoms with van der Waals surface area (Å²) in [7, 11) is 1.60. The summed E-state index contributed by atoms with van der Waals surface area (Å²) < 4.78 is 7.10. The number of aromatic nitrogens is 3. The molecule has 0 radical (unpaired) electrons. The van der Waals surface area contributed by atoms with Crippen LogP contribution in [0.1, 0.15) is 54.0 Å². The molecule has 0 saturated heterocycles. The maximum Gasteiger partial charge on any atom is 0.249 e. The van der Waals surface area contributed by atoms with Crippen molar-refractivity contribution in [1.82, 2.24) is 20.3 Å². The van der Waals surface area contributed by atoms with Gasteiger partial charge in [-0.2, -0.15) is 0 Å². The van der Waals surface area contributed by atoms with E-state index >= 15 is 0 Å². The molecule has 1 aromatic heterocycles. The molecule has 1 N–H and O–H groups in total. The summed E-state index contributed by atoms with van der Waals surface area (Å²) in [4.78, 5) is 30.2. The molecule has 4 aromatic rings. The molecule has 0 aliphatic heterocycles. The van der Waals surface area contributed by atoms with Crippen LogP contribution in [-0.2, 0) is 16.1 Å². The molecule has 0 spiro atoms. The molecule has 1 atom stereocenters. The fraction of sp³-hybridized carbons (Fsp3) is 0.355. The summed E-state index contributed by atoms with van der Waals surface area (Å²) in [6.07, 6.45) is 4.07. The number of nitrogens with zero attached hydrogens (tertiary/aromatic N) is 4. The Balaban J connectivity index is 1.64. The van der Waals surface area contributed by atoms with E-state index in [1.807, 2.05) is 81.4 Å². The lowest BCUT2D eigenvalue weighted by atomic mass is 9.98. The minimum atomic E-state index is -0.900. The van der Waals surface area contributed by atoms with Crippen molar-refractivity contribution < 1.29 is 14.3 Å². The van der Waals surface area contributed by atoms with Gasteiger partial charge in [0.2, 0.25) is 11.8 Å². The Bertz CT molecular complexity index is 1480. The van der Waals surface area contributed by atoms with Crippen LogP contribution < -0.4 is 15.0 Å². The maximum atomic E-state index is 14.4. The third kappa shape index (κ3) is 5.50. The van der Waals surface area contributed by atoms with Crippen molar-refractivity contribution in [2.24, 2.45) is 0 Å². The van der Waals surface area contributed by atoms with Crippen LogP contribution in [0.5, 0.6) is 5.75 Å². The van der Waals surface area contributed by atoms with Crippen LogP contribution >= 0.6 is 0 Å². The molecule has 0 unspecified atom stereocenters. The van der Waals surface area contributed by atoms with Crippen molar-refractivity contribution in [3.8, 4) is 5.75 Å². The highest BCUT2D eigenvalue weighted by Crippen LogP contribution is 2.36. The molecule has 8 heteroatoms. The quantitative estimate of drug-likeness (QED) is 0.342. The van der Waals surface area contributed by atoms with Crippen molar-refractivity contribution in [2.75, 3.05) is 12.0 Å². The second-order valence-electron chi connectivity index (χ2n) is 10.4. The molecule has 2 amide bonds. The monoisotopic (exact) mass is 525 g/mol. The first-order valence-electron chi connectivity index (χ1n) is 13.5. The Morgan fingerprint density at radius 3 is 2.46 bits per heavy atom. The summed E-state index contributed by atoms with van der Waals surface area (Å²) in [6.45, 7) is 5.93. The summed E-state index contributed by atoms with van der Waals surface area (Å²) >= 11 is 0. The van der Waals surface area contributed by atoms with Gasteiger partial charge in [0.25, 0.3) is 0 Å². The van der Waals surface area contributed by atoms with Gasteiger partial charge in [0.15, 0.2) is 0 Å². The smallest absolute Gasteiger partial charge is 0.249 e. The van der Waals surface area contributed by atoms with E-state index in [4.69, 9.17) is 4.74 Å². The van der Waals surface area contributed by atoms with Gasteiger partial charge in [-0.15, -0.1) is 5.10 Å². The molecule has 39 heavy (non-hydrogen) atoms. The standard InChI is InChI=1S/C31H35N5O3/c1-20-16-21(2)29(22(3)17-20)36(28(37)19-35-27-15-8-7-14-26(27)33-34-35)30(23-10-9-13-25(18-23)39-4)31(38)32-24-11-5-6-12-24/h7-10,13-18,24,30H,5-6,11-12,19H2,1-4H3,(H,32,38)/t30-/m1/s1. The zero-order valence-electron chi connectivity index (χ0n) is 23.0. The van der Waals surface area contributed by atoms with E-state index in [0.29, 0.717) is 16.8 Å². The number of methoxy groups -OCH3 is 1. The lowest BCUT2D eigenvalue weighted by Crippen LogP contribution is -2.47. The molecule has 1 heterocycles. The molecule has 3 aromatic carbocycles. The number of carbonyl (C=O) groups is 2. The highest BCUT2D eigenvalue weighted by molar-refractivity contribution is 6.02. The molecule has 1 saturated carbocycles. The highest BCUT2D eigenvalue weighted by Gasteiger charge is 2.36. The lowest BCUT2D eigenvalue weighted by molar-refractivity contribution is -0.127. The predicted molar refractivity (Wildman–Crippen MR) is 152 cm³/mol. The third-order valence-electron chi connectivity index (χ3n) is 7.47. The van der Waals surface area contributed by atoms with E-state index in [-0.39, 0.29) is 24.4 Å². The number of benzene rings is 3. The van der Waals surface area contributed by atoms with E-state index < -0.39 is 6.04 Å². The molecule has 0 bridgehead atoms. The van der Waals surface area contributed by atoms with Crippen LogP contribution in [0.4, 0.5) is 5.69 Å². The number of nitrogens with one attached hydrogen (secondary N) is 1. The molecule has 1 aliphatic carbocycles. The van der Waals surface area contributed by atoms with Crippen molar-refractivity contribution in [2.45, 2.75) is 65.1 Å². The van der Waals surface area contributed by atoms with E-state index in [2.05, 4.69) is 15.6 Å². The van der Waals surface area contributed by atoms with Crippen LogP contribution in [0.2, 0.25) is 0 Å². The van der Waals surface area contributed by atoms with E-state index in [0.717, 1.165) is 53.6 Å². The fourth-order valence-electron chi connectivity index (χ4n) is 5.77. The van der Waals surface area contributed by atoms with Crippen LogP contribution in [0.25, 0.3) is 11.0 Å². The number of aryl methyl sites for hydroxylation is 3. The van der Waals surface area contributed by atoms with Gasteiger partial charge in [0, 0.05) is 6.04 Å². The molecule has 5 rings (SSSR count). The van der Waals surface area contributed by atoms with Crippen LogP contribution in [0.3, 0.4) is 0 Å². The van der Waals surface area contributed by atoms with Crippen LogP contribution in [0, 0.1) is 20.8 Å². The second-order valence-corrected chi connectivity index (χ2v) is 10.4. The zero-order chi connectivity index (χ0) is 27.5. The Morgan fingerprint density at radius 2 is 1.74 bits per heavy atom. The average molecular weight is 526 g/mol. The topological polar surface area (TPSA) is 89.4 Å². The van der Waals surface area contributed by atoms with Gasteiger partial charge >= 0.3 is 0 Å². The minimum Gasteiger partial charge on any atom is -0.497 e. The molecule has 1 fully saturated rings. The Morgan fingerprint density at radius 1 is 1.03 bits per heavy atom. The minimum absolute atomic E-state index is 0.0650. The normalized spacial score (nSPS) is 14.4. The van der Waals surface area contributed by atoms with Crippen molar-refractivity contribution in [1.29, 1.82) is 0 Å². The zero-order valence-corrected chi connectivity index (χ0v) is 23.0. The number of para-hydroxylation sites is 1. The van der Waals surface area contributed by atoms with Gasteiger partial charge in [0.1, 0.15) is 23.9 Å². The number of carbonyl (C=O) groups excluding carboxylic acids is 2. The first-order valence-corrected chi connectivity index (χ1v) is 13.5. The first kappa shape index (κ1) is 26.4. The number of hydrogen-bond acceptors (Lipinski definition) is 5.